The summed E-state index contributed by atoms with van der Waals surface area (Å²) in [6, 6.07) is 1.87. The fraction of sp³-hybridized carbons (Fsp3) is 0.875. The molecule has 0 aromatic heterocycles. The number of rotatable bonds is 4. The topological polar surface area (TPSA) is 65.3 Å². The van der Waals surface area contributed by atoms with Crippen molar-refractivity contribution >= 4 is 0 Å². The van der Waals surface area contributed by atoms with E-state index in [2.05, 4.69) is 11.4 Å². The standard InChI is InChI=1S/C8H14N2O2/c9-6-7(10-3-4-11)8-2-1-5-12-8/h7-8,10-11H,1-5H2. The van der Waals surface area contributed by atoms with Crippen LogP contribution in [0.3, 0.4) is 0 Å². The lowest BCUT2D eigenvalue weighted by Crippen LogP contribution is -2.39. The average molecular weight is 170 g/mol. The Balaban J connectivity index is 2.29. The molecular formula is C8H14N2O2. The maximum Gasteiger partial charge on any atom is 0.122 e. The second-order valence-corrected chi connectivity index (χ2v) is 2.84. The molecule has 2 atom stereocenters. The fourth-order valence-electron chi connectivity index (χ4n) is 1.35. The monoisotopic (exact) mass is 170 g/mol. The van der Waals surface area contributed by atoms with Crippen LogP contribution in [0, 0.1) is 11.3 Å². The fourth-order valence-corrected chi connectivity index (χ4v) is 1.35. The molecule has 1 saturated heterocycles. The number of nitrogens with zero attached hydrogens (tertiary/aromatic N) is 1. The van der Waals surface area contributed by atoms with Gasteiger partial charge < -0.3 is 9.84 Å². The Hall–Kier alpha value is -0.630. The molecular weight excluding hydrogens is 156 g/mol. The zero-order chi connectivity index (χ0) is 8.81. The molecule has 0 amide bonds. The second-order valence-electron chi connectivity index (χ2n) is 2.84. The molecule has 2 N–H and O–H groups in total. The summed E-state index contributed by atoms with van der Waals surface area (Å²) in [4.78, 5) is 0. The lowest BCUT2D eigenvalue weighted by molar-refractivity contribution is 0.0917. The maximum atomic E-state index is 8.74. The molecule has 0 bridgehead atoms. The molecule has 0 aromatic carbocycles. The molecule has 12 heavy (non-hydrogen) atoms. The number of ether oxygens (including phenoxy) is 1. The van der Waals surface area contributed by atoms with Crippen LogP contribution in [-0.4, -0.2) is 37.0 Å². The van der Waals surface area contributed by atoms with Crippen LogP contribution in [0.1, 0.15) is 12.8 Å². The van der Waals surface area contributed by atoms with E-state index in [1.54, 1.807) is 0 Å². The van der Waals surface area contributed by atoms with Gasteiger partial charge in [0.15, 0.2) is 0 Å². The van der Waals surface area contributed by atoms with Crippen LogP contribution in [-0.2, 0) is 4.74 Å². The van der Waals surface area contributed by atoms with Gasteiger partial charge in [0.25, 0.3) is 0 Å². The summed E-state index contributed by atoms with van der Waals surface area (Å²) in [6.07, 6.45) is 1.99. The molecule has 4 heteroatoms. The van der Waals surface area contributed by atoms with Crippen LogP contribution in [0.25, 0.3) is 0 Å². The molecule has 1 fully saturated rings. The van der Waals surface area contributed by atoms with Crippen molar-refractivity contribution < 1.29 is 9.84 Å². The van der Waals surface area contributed by atoms with Crippen LogP contribution >= 0.6 is 0 Å². The quantitative estimate of drug-likeness (QED) is 0.604. The van der Waals surface area contributed by atoms with Gasteiger partial charge in [0.05, 0.1) is 18.8 Å². The zero-order valence-corrected chi connectivity index (χ0v) is 6.99. The average Bonchev–Trinajstić information content (AvgIpc) is 2.59. The maximum absolute atomic E-state index is 8.74. The van der Waals surface area contributed by atoms with Crippen molar-refractivity contribution in [3.05, 3.63) is 0 Å². The van der Waals surface area contributed by atoms with Gasteiger partial charge in [-0.05, 0) is 12.8 Å². The van der Waals surface area contributed by atoms with Gasteiger partial charge in [-0.25, -0.2) is 0 Å². The van der Waals surface area contributed by atoms with Crippen molar-refractivity contribution in [2.24, 2.45) is 0 Å². The molecule has 4 nitrogen and oxygen atoms in total. The highest BCUT2D eigenvalue weighted by Crippen LogP contribution is 2.14. The molecule has 0 spiro atoms. The lowest BCUT2D eigenvalue weighted by Gasteiger charge is -2.16. The van der Waals surface area contributed by atoms with E-state index in [4.69, 9.17) is 15.1 Å². The summed E-state index contributed by atoms with van der Waals surface area (Å²) >= 11 is 0. The van der Waals surface area contributed by atoms with Crippen molar-refractivity contribution in [1.82, 2.24) is 5.32 Å². The lowest BCUT2D eigenvalue weighted by atomic mass is 10.1. The van der Waals surface area contributed by atoms with Gasteiger partial charge >= 0.3 is 0 Å². The third kappa shape index (κ3) is 2.45. The third-order valence-electron chi connectivity index (χ3n) is 1.95. The first-order chi connectivity index (χ1) is 5.88. The molecule has 1 aliphatic heterocycles. The molecule has 2 unspecified atom stereocenters. The van der Waals surface area contributed by atoms with Crippen LogP contribution in [0.5, 0.6) is 0 Å². The van der Waals surface area contributed by atoms with E-state index in [1.807, 2.05) is 0 Å². The predicted octanol–water partition coefficient (Wildman–Crippen LogP) is -0.361. The van der Waals surface area contributed by atoms with E-state index in [-0.39, 0.29) is 18.8 Å². The molecule has 1 rings (SSSR count). The molecule has 0 aliphatic carbocycles. The zero-order valence-electron chi connectivity index (χ0n) is 6.99. The Labute approximate surface area is 72.1 Å². The predicted molar refractivity (Wildman–Crippen MR) is 43.5 cm³/mol. The minimum absolute atomic E-state index is 0.0153. The molecule has 0 saturated carbocycles. The number of hydrogen-bond donors (Lipinski definition) is 2. The Bertz CT molecular complexity index is 161. The van der Waals surface area contributed by atoms with Crippen molar-refractivity contribution in [2.75, 3.05) is 19.8 Å². The van der Waals surface area contributed by atoms with Gasteiger partial charge in [-0.2, -0.15) is 5.26 Å². The Morgan fingerprint density at radius 3 is 3.08 bits per heavy atom. The number of hydrogen-bond acceptors (Lipinski definition) is 4. The highest BCUT2D eigenvalue weighted by molar-refractivity contribution is 4.97. The summed E-state index contributed by atoms with van der Waals surface area (Å²) in [5, 5.41) is 20.2. The number of nitriles is 1. The number of nitrogens with one attached hydrogen (secondary N) is 1. The Morgan fingerprint density at radius 2 is 2.58 bits per heavy atom. The summed E-state index contributed by atoms with van der Waals surface area (Å²) in [5.74, 6) is 0. The van der Waals surface area contributed by atoms with Crippen LogP contribution in [0.15, 0.2) is 0 Å². The van der Waals surface area contributed by atoms with Crippen molar-refractivity contribution in [1.29, 1.82) is 5.26 Å². The Kier molecular flexibility index (Phi) is 4.01. The molecule has 1 aliphatic rings. The van der Waals surface area contributed by atoms with Gasteiger partial charge in [0.2, 0.25) is 0 Å². The Morgan fingerprint density at radius 1 is 1.75 bits per heavy atom. The minimum Gasteiger partial charge on any atom is -0.395 e. The first kappa shape index (κ1) is 9.46. The van der Waals surface area contributed by atoms with Crippen molar-refractivity contribution in [3.8, 4) is 6.07 Å². The van der Waals surface area contributed by atoms with Crippen LogP contribution in [0.2, 0.25) is 0 Å². The SMILES string of the molecule is N#CC(NCCO)C1CCCO1. The van der Waals surface area contributed by atoms with Gasteiger partial charge in [-0.15, -0.1) is 0 Å². The van der Waals surface area contributed by atoms with E-state index < -0.39 is 0 Å². The first-order valence-corrected chi connectivity index (χ1v) is 4.24. The summed E-state index contributed by atoms with van der Waals surface area (Å²) < 4.78 is 5.34. The second kappa shape index (κ2) is 5.09. The van der Waals surface area contributed by atoms with E-state index >= 15 is 0 Å². The highest BCUT2D eigenvalue weighted by Gasteiger charge is 2.24. The summed E-state index contributed by atoms with van der Waals surface area (Å²) in [7, 11) is 0. The number of aliphatic hydroxyl groups is 1. The minimum atomic E-state index is -0.264. The van der Waals surface area contributed by atoms with Crippen LogP contribution in [0.4, 0.5) is 0 Å². The largest absolute Gasteiger partial charge is 0.395 e. The molecule has 0 aromatic rings. The highest BCUT2D eigenvalue weighted by atomic mass is 16.5. The van der Waals surface area contributed by atoms with Gasteiger partial charge in [0, 0.05) is 13.2 Å². The summed E-state index contributed by atoms with van der Waals surface area (Å²) in [5.41, 5.74) is 0. The first-order valence-electron chi connectivity index (χ1n) is 4.24. The van der Waals surface area contributed by atoms with Gasteiger partial charge in [-0.1, -0.05) is 0 Å². The van der Waals surface area contributed by atoms with Crippen LogP contribution < -0.4 is 5.32 Å². The van der Waals surface area contributed by atoms with E-state index in [0.29, 0.717) is 6.54 Å². The van der Waals surface area contributed by atoms with Crippen molar-refractivity contribution in [3.63, 3.8) is 0 Å². The third-order valence-corrected chi connectivity index (χ3v) is 1.95. The van der Waals surface area contributed by atoms with Gasteiger partial charge in [0.1, 0.15) is 6.04 Å². The molecule has 1 heterocycles. The van der Waals surface area contributed by atoms with Gasteiger partial charge in [-0.3, -0.25) is 5.32 Å². The number of aliphatic hydroxyl groups excluding tert-OH is 1. The summed E-state index contributed by atoms with van der Waals surface area (Å²) in [6.45, 7) is 1.27. The smallest absolute Gasteiger partial charge is 0.122 e. The molecule has 0 radical (unpaired) electrons. The van der Waals surface area contributed by atoms with E-state index in [0.717, 1.165) is 19.4 Å². The van der Waals surface area contributed by atoms with E-state index in [1.165, 1.54) is 0 Å². The van der Waals surface area contributed by atoms with E-state index in [9.17, 15) is 0 Å². The van der Waals surface area contributed by atoms with Crippen molar-refractivity contribution in [2.45, 2.75) is 25.0 Å². The molecule has 68 valence electrons. The normalized spacial score (nSPS) is 25.2.